The molecule has 1 saturated carbocycles. The van der Waals surface area contributed by atoms with Crippen molar-refractivity contribution in [3.8, 4) is 0 Å². The van der Waals surface area contributed by atoms with Gasteiger partial charge in [-0.25, -0.2) is 9.37 Å². The molecule has 248 valence electrons. The number of hydrogen-bond acceptors (Lipinski definition) is 7. The summed E-state index contributed by atoms with van der Waals surface area (Å²) in [5, 5.41) is 12.7. The van der Waals surface area contributed by atoms with E-state index >= 15 is 4.39 Å². The monoisotopic (exact) mass is 675 g/mol. The summed E-state index contributed by atoms with van der Waals surface area (Å²) in [6, 6.07) is 5.37. The largest absolute Gasteiger partial charge is 0.383 e. The predicted molar refractivity (Wildman–Crippen MR) is 171 cm³/mol. The van der Waals surface area contributed by atoms with Gasteiger partial charge < -0.3 is 25.4 Å². The Morgan fingerprint density at radius 1 is 1.13 bits per heavy atom. The van der Waals surface area contributed by atoms with E-state index in [9.17, 15) is 14.4 Å². The van der Waals surface area contributed by atoms with Crippen molar-refractivity contribution in [3.05, 3.63) is 57.6 Å². The maximum Gasteiger partial charge on any atom is 0.249 e. The quantitative estimate of drug-likeness (QED) is 0.255. The van der Waals surface area contributed by atoms with Crippen LogP contribution in [-0.2, 0) is 29.3 Å². The zero-order chi connectivity index (χ0) is 32.9. The Morgan fingerprint density at radius 3 is 2.59 bits per heavy atom. The van der Waals surface area contributed by atoms with Gasteiger partial charge in [-0.3, -0.25) is 19.7 Å². The smallest absolute Gasteiger partial charge is 0.249 e. The minimum absolute atomic E-state index is 0.0267. The molecular formula is C33H40Cl2FN5O5. The molecule has 4 aliphatic rings. The van der Waals surface area contributed by atoms with Crippen molar-refractivity contribution >= 4 is 46.6 Å². The van der Waals surface area contributed by atoms with E-state index in [2.05, 4.69) is 40.1 Å². The standard InChI is InChI=1S/C33H40Cl2FN5O5/c1-31(2)9-11-32(12-10-31)33(21-6-4-18(34)16-22(21)40-30(33)44)24(20-8-13-37-27(35)25(20)36)26(41-32)29(43)39-19-5-7-23(46-17-19)28(42)38-14-15-45-3/h4,6,8,13,16,19,23-24,26,41H,5,7,9-12,14-15,17H2,1-3H3,(H,38,42)(H,39,43)(H,40,44)/t19-,23+,24+,26-,33-/m1/s1. The summed E-state index contributed by atoms with van der Waals surface area (Å²) in [6.07, 6.45) is 4.46. The van der Waals surface area contributed by atoms with E-state index in [0.29, 0.717) is 55.1 Å². The molecule has 4 heterocycles. The zero-order valence-corrected chi connectivity index (χ0v) is 27.7. The van der Waals surface area contributed by atoms with E-state index in [-0.39, 0.29) is 46.5 Å². The van der Waals surface area contributed by atoms with Crippen LogP contribution in [0.2, 0.25) is 10.2 Å². The van der Waals surface area contributed by atoms with E-state index in [0.717, 1.165) is 12.8 Å². The van der Waals surface area contributed by atoms with Crippen molar-refractivity contribution in [2.75, 3.05) is 32.2 Å². The summed E-state index contributed by atoms with van der Waals surface area (Å²) in [5.74, 6) is -2.65. The third-order valence-corrected chi connectivity index (χ3v) is 11.0. The minimum atomic E-state index is -1.36. The summed E-state index contributed by atoms with van der Waals surface area (Å²) in [5.41, 5.74) is -0.852. The van der Waals surface area contributed by atoms with Gasteiger partial charge in [0.25, 0.3) is 0 Å². The summed E-state index contributed by atoms with van der Waals surface area (Å²) in [4.78, 5) is 45.4. The molecule has 46 heavy (non-hydrogen) atoms. The lowest BCUT2D eigenvalue weighted by Gasteiger charge is -2.50. The van der Waals surface area contributed by atoms with Crippen LogP contribution in [0.5, 0.6) is 0 Å². The molecular weight excluding hydrogens is 636 g/mol. The molecule has 1 aromatic heterocycles. The van der Waals surface area contributed by atoms with Crippen LogP contribution in [0.4, 0.5) is 10.1 Å². The average Bonchev–Trinajstić information content (AvgIpc) is 3.48. The van der Waals surface area contributed by atoms with Crippen LogP contribution >= 0.6 is 23.2 Å². The Bertz CT molecular complexity index is 1520. The molecule has 10 nitrogen and oxygen atoms in total. The number of fused-ring (bicyclic) bond motifs is 3. The highest BCUT2D eigenvalue weighted by molar-refractivity contribution is 6.31. The highest BCUT2D eigenvalue weighted by Gasteiger charge is 2.73. The number of pyridine rings is 1. The number of methoxy groups -OCH3 is 1. The fraction of sp³-hybridized carbons (Fsp3) is 0.576. The van der Waals surface area contributed by atoms with Crippen LogP contribution in [0.3, 0.4) is 0 Å². The van der Waals surface area contributed by atoms with Crippen LogP contribution in [-0.4, -0.2) is 73.3 Å². The lowest BCUT2D eigenvalue weighted by molar-refractivity contribution is -0.137. The molecule has 3 fully saturated rings. The number of rotatable bonds is 7. The molecule has 2 aromatic rings. The van der Waals surface area contributed by atoms with Crippen molar-refractivity contribution in [2.45, 2.75) is 87.4 Å². The second kappa shape index (κ2) is 12.6. The van der Waals surface area contributed by atoms with Crippen LogP contribution in [0.1, 0.15) is 69.4 Å². The van der Waals surface area contributed by atoms with Crippen LogP contribution in [0.15, 0.2) is 30.5 Å². The lowest BCUT2D eigenvalue weighted by atomic mass is 9.53. The summed E-state index contributed by atoms with van der Waals surface area (Å²) >= 11 is 12.6. The van der Waals surface area contributed by atoms with Crippen molar-refractivity contribution in [1.82, 2.24) is 20.9 Å². The Kier molecular flexibility index (Phi) is 9.10. The Hall–Kier alpha value is -2.83. The maximum absolute atomic E-state index is 16.1. The third kappa shape index (κ3) is 5.57. The number of nitrogens with one attached hydrogen (secondary N) is 4. The van der Waals surface area contributed by atoms with Gasteiger partial charge in [0.05, 0.1) is 25.3 Å². The summed E-state index contributed by atoms with van der Waals surface area (Å²) in [7, 11) is 1.56. The normalized spacial score (nSPS) is 29.4. The molecule has 0 unspecified atom stereocenters. The van der Waals surface area contributed by atoms with Crippen molar-refractivity contribution in [1.29, 1.82) is 0 Å². The fourth-order valence-electron chi connectivity index (χ4n) is 8.08. The Balaban J connectivity index is 1.37. The molecule has 2 spiro atoms. The first-order chi connectivity index (χ1) is 21.9. The number of nitrogens with zero attached hydrogens (tertiary/aromatic N) is 1. The molecule has 1 aliphatic carbocycles. The highest BCUT2D eigenvalue weighted by atomic mass is 35.5. The highest BCUT2D eigenvalue weighted by Crippen LogP contribution is 2.64. The van der Waals surface area contributed by atoms with E-state index in [4.69, 9.17) is 32.7 Å². The van der Waals surface area contributed by atoms with Crippen molar-refractivity contribution in [2.24, 2.45) is 5.41 Å². The van der Waals surface area contributed by atoms with Crippen molar-refractivity contribution < 1.29 is 28.2 Å². The molecule has 5 atom stereocenters. The van der Waals surface area contributed by atoms with Crippen LogP contribution in [0, 0.1) is 11.2 Å². The number of benzene rings is 1. The number of carbonyl (C=O) groups excluding carboxylic acids is 3. The third-order valence-electron chi connectivity index (χ3n) is 10.5. The summed E-state index contributed by atoms with van der Waals surface area (Å²) in [6.45, 7) is 5.30. The molecule has 6 rings (SSSR count). The topological polar surface area (TPSA) is 131 Å². The van der Waals surface area contributed by atoms with Gasteiger partial charge in [0.15, 0.2) is 11.0 Å². The molecule has 3 aliphatic heterocycles. The molecule has 13 heteroatoms. The number of carbonyl (C=O) groups is 3. The maximum atomic E-state index is 16.1. The first-order valence-electron chi connectivity index (χ1n) is 15.8. The lowest BCUT2D eigenvalue weighted by Crippen LogP contribution is -2.61. The van der Waals surface area contributed by atoms with E-state index in [1.165, 1.54) is 12.3 Å². The van der Waals surface area contributed by atoms with Gasteiger partial charge in [0.1, 0.15) is 11.5 Å². The van der Waals surface area contributed by atoms with Gasteiger partial charge in [-0.05, 0) is 73.3 Å². The second-order valence-electron chi connectivity index (χ2n) is 13.7. The van der Waals surface area contributed by atoms with Gasteiger partial charge in [-0.15, -0.1) is 0 Å². The van der Waals surface area contributed by atoms with Gasteiger partial charge in [-0.1, -0.05) is 43.1 Å². The average molecular weight is 677 g/mol. The zero-order valence-electron chi connectivity index (χ0n) is 26.2. The molecule has 1 aromatic carbocycles. The van der Waals surface area contributed by atoms with Crippen LogP contribution < -0.4 is 21.3 Å². The number of ether oxygens (including phenoxy) is 2. The summed E-state index contributed by atoms with van der Waals surface area (Å²) < 4.78 is 26.9. The second-order valence-corrected chi connectivity index (χ2v) is 14.5. The van der Waals surface area contributed by atoms with Gasteiger partial charge in [0.2, 0.25) is 17.7 Å². The first-order valence-corrected chi connectivity index (χ1v) is 16.6. The van der Waals surface area contributed by atoms with E-state index < -0.39 is 34.8 Å². The number of hydrogen-bond donors (Lipinski definition) is 4. The number of aromatic nitrogens is 1. The van der Waals surface area contributed by atoms with Gasteiger partial charge in [-0.2, -0.15) is 0 Å². The van der Waals surface area contributed by atoms with E-state index in [1.807, 2.05) is 6.07 Å². The molecule has 2 saturated heterocycles. The minimum Gasteiger partial charge on any atom is -0.383 e. The van der Waals surface area contributed by atoms with Gasteiger partial charge in [0, 0.05) is 42.0 Å². The molecule has 0 bridgehead atoms. The number of amides is 3. The molecule has 0 radical (unpaired) electrons. The molecule has 3 amide bonds. The number of anilines is 1. The predicted octanol–water partition coefficient (Wildman–Crippen LogP) is 4.24. The first kappa shape index (κ1) is 33.1. The number of halogens is 3. The SMILES string of the molecule is COCCNC(=O)[C@@H]1CC[C@@H](NC(=O)[C@@H]2NC3(CCC(C)(C)CC3)[C@@]3(C(=O)Nc4cc(Cl)ccc43)[C@H]2c2ccnc(Cl)c2F)CO1. The molecule has 4 N–H and O–H groups in total. The van der Waals surface area contributed by atoms with Gasteiger partial charge >= 0.3 is 0 Å². The Labute approximate surface area is 277 Å². The van der Waals surface area contributed by atoms with Crippen molar-refractivity contribution in [3.63, 3.8) is 0 Å². The van der Waals surface area contributed by atoms with Crippen LogP contribution in [0.25, 0.3) is 0 Å². The fourth-order valence-corrected chi connectivity index (χ4v) is 8.42. The van der Waals surface area contributed by atoms with E-state index in [1.54, 1.807) is 19.2 Å². The Morgan fingerprint density at radius 2 is 1.89 bits per heavy atom.